The van der Waals surface area contributed by atoms with E-state index in [1.165, 1.54) is 30.4 Å². The van der Waals surface area contributed by atoms with Crippen LogP contribution in [0.1, 0.15) is 57.1 Å². The smallest absolute Gasteiger partial charge is 0.401 e. The van der Waals surface area contributed by atoms with Gasteiger partial charge in [-0.05, 0) is 78.6 Å². The van der Waals surface area contributed by atoms with Gasteiger partial charge in [-0.3, -0.25) is 4.79 Å². The first kappa shape index (κ1) is 31.0. The van der Waals surface area contributed by atoms with Crippen LogP contribution < -0.4 is 5.32 Å². The van der Waals surface area contributed by atoms with Gasteiger partial charge in [-0.15, -0.1) is 0 Å². The molecule has 2 aliphatic heterocycles. The van der Waals surface area contributed by atoms with Crippen molar-refractivity contribution in [2.24, 2.45) is 16.3 Å². The lowest BCUT2D eigenvalue weighted by molar-refractivity contribution is -0.184. The molecule has 0 radical (unpaired) electrons. The van der Waals surface area contributed by atoms with E-state index in [1.807, 2.05) is 0 Å². The number of allylic oxidation sites excluding steroid dienone is 5. The number of ether oxygens (including phenoxy) is 1. The number of alkyl halides is 3. The van der Waals surface area contributed by atoms with Crippen LogP contribution in [-0.4, -0.2) is 55.4 Å². The summed E-state index contributed by atoms with van der Waals surface area (Å²) in [6.07, 6.45) is 4.43. The zero-order valence-corrected chi connectivity index (χ0v) is 25.0. The number of carbonyl (C=O) groups excluding carboxylic acids is 1. The normalized spacial score (nSPS) is 21.8. The summed E-state index contributed by atoms with van der Waals surface area (Å²) in [6.45, 7) is 11.5. The summed E-state index contributed by atoms with van der Waals surface area (Å²) < 4.78 is 60.6. The lowest BCUT2D eigenvalue weighted by Gasteiger charge is -2.40. The number of nitrogens with one attached hydrogen (secondary N) is 1. The molecule has 1 saturated carbocycles. The number of carbonyl (C=O) groups is 1. The van der Waals surface area contributed by atoms with Crippen molar-refractivity contribution in [1.29, 1.82) is 0 Å². The summed E-state index contributed by atoms with van der Waals surface area (Å²) in [5, 5.41) is 3.41. The first-order valence-electron chi connectivity index (χ1n) is 15.0. The first-order chi connectivity index (χ1) is 20.5. The van der Waals surface area contributed by atoms with Crippen LogP contribution in [0.25, 0.3) is 5.70 Å². The summed E-state index contributed by atoms with van der Waals surface area (Å²) in [5.41, 5.74) is 3.14. The molecule has 1 aromatic carbocycles. The predicted molar refractivity (Wildman–Crippen MR) is 161 cm³/mol. The molecule has 1 atom stereocenters. The third-order valence-corrected chi connectivity index (χ3v) is 8.92. The highest BCUT2D eigenvalue weighted by atomic mass is 19.4. The molecule has 230 valence electrons. The van der Waals surface area contributed by atoms with Crippen LogP contribution in [0.5, 0.6) is 0 Å². The van der Waals surface area contributed by atoms with Crippen LogP contribution >= 0.6 is 0 Å². The van der Waals surface area contributed by atoms with Crippen molar-refractivity contribution in [3.05, 3.63) is 88.6 Å². The maximum Gasteiger partial charge on any atom is 0.401 e. The molecule has 9 heteroatoms. The van der Waals surface area contributed by atoms with E-state index in [1.54, 1.807) is 18.3 Å². The fourth-order valence-corrected chi connectivity index (χ4v) is 6.18. The first-order valence-corrected chi connectivity index (χ1v) is 15.0. The number of hydrogen-bond acceptors (Lipinski definition) is 5. The second-order valence-electron chi connectivity index (χ2n) is 12.0. The summed E-state index contributed by atoms with van der Waals surface area (Å²) in [7, 11) is 1.18. The molecule has 1 unspecified atom stereocenters. The molecule has 0 spiro atoms. The molecule has 43 heavy (non-hydrogen) atoms. The second kappa shape index (κ2) is 12.3. The van der Waals surface area contributed by atoms with E-state index in [-0.39, 0.29) is 54.4 Å². The highest BCUT2D eigenvalue weighted by Crippen LogP contribution is 2.62. The zero-order valence-electron chi connectivity index (χ0n) is 25.0. The summed E-state index contributed by atoms with van der Waals surface area (Å²) >= 11 is 0. The van der Waals surface area contributed by atoms with Gasteiger partial charge in [0, 0.05) is 37.7 Å². The topological polar surface area (TPSA) is 53.9 Å². The Morgan fingerprint density at radius 2 is 1.98 bits per heavy atom. The molecule has 0 bridgehead atoms. The monoisotopic (exact) mass is 597 g/mol. The molecule has 0 amide bonds. The van der Waals surface area contributed by atoms with Gasteiger partial charge in [-0.2, -0.15) is 13.2 Å². The van der Waals surface area contributed by atoms with Crippen LogP contribution in [0.3, 0.4) is 0 Å². The third kappa shape index (κ3) is 6.56. The van der Waals surface area contributed by atoms with Gasteiger partial charge in [0.15, 0.2) is 0 Å². The fourth-order valence-electron chi connectivity index (χ4n) is 6.18. The maximum absolute atomic E-state index is 15.1. The number of fused-ring (bicyclic) bond motifs is 1. The Kier molecular flexibility index (Phi) is 8.84. The molecule has 5 rings (SSSR count). The fraction of sp³-hybridized carbons (Fsp3) is 0.471. The molecule has 2 aliphatic carbocycles. The lowest BCUT2D eigenvalue weighted by atomic mass is 9.83. The van der Waals surface area contributed by atoms with E-state index < -0.39 is 17.4 Å². The van der Waals surface area contributed by atoms with Gasteiger partial charge in [0.2, 0.25) is 0 Å². The average molecular weight is 598 g/mol. The van der Waals surface area contributed by atoms with E-state index in [2.05, 4.69) is 42.8 Å². The highest BCUT2D eigenvalue weighted by molar-refractivity contribution is 6.06. The summed E-state index contributed by atoms with van der Waals surface area (Å²) in [4.78, 5) is 20.0. The Balaban J connectivity index is 1.21. The van der Waals surface area contributed by atoms with Crippen molar-refractivity contribution in [3.8, 4) is 0 Å². The predicted octanol–water partition coefficient (Wildman–Crippen LogP) is 7.09. The number of benzene rings is 1. The van der Waals surface area contributed by atoms with Crippen LogP contribution in [0, 0.1) is 17.2 Å². The van der Waals surface area contributed by atoms with Gasteiger partial charge in [0.25, 0.3) is 0 Å². The molecule has 1 saturated heterocycles. The molecule has 5 nitrogen and oxygen atoms in total. The molecule has 4 aliphatic rings. The highest BCUT2D eigenvalue weighted by Gasteiger charge is 2.66. The van der Waals surface area contributed by atoms with Crippen molar-refractivity contribution in [3.63, 3.8) is 0 Å². The van der Waals surface area contributed by atoms with Gasteiger partial charge in [0.05, 0.1) is 24.6 Å². The minimum Gasteiger partial charge on any atom is -0.500 e. The summed E-state index contributed by atoms with van der Waals surface area (Å²) in [5.74, 6) is -0.449. The van der Waals surface area contributed by atoms with Crippen LogP contribution in [0.15, 0.2) is 76.7 Å². The molecule has 0 aromatic heterocycles. The molecule has 1 aromatic rings. The van der Waals surface area contributed by atoms with E-state index in [9.17, 15) is 18.0 Å². The molecule has 1 N–H and O–H groups in total. The molecule has 2 heterocycles. The van der Waals surface area contributed by atoms with Crippen molar-refractivity contribution in [2.75, 3.05) is 26.7 Å². The zero-order chi connectivity index (χ0) is 30.9. The van der Waals surface area contributed by atoms with Crippen LogP contribution in [0.4, 0.5) is 17.6 Å². The summed E-state index contributed by atoms with van der Waals surface area (Å²) in [6, 6.07) is 4.63. The quantitative estimate of drug-likeness (QED) is 0.159. The molecular weight excluding hydrogens is 558 g/mol. The van der Waals surface area contributed by atoms with Gasteiger partial charge in [-0.25, -0.2) is 9.38 Å². The number of likely N-dealkylation sites (tertiary alicyclic amines) is 1. The Hall–Kier alpha value is -3.46. The lowest BCUT2D eigenvalue weighted by Crippen LogP contribution is -2.46. The van der Waals surface area contributed by atoms with E-state index in [0.29, 0.717) is 17.2 Å². The maximum atomic E-state index is 15.1. The number of aliphatic imine (C=N–C) groups is 1. The minimum absolute atomic E-state index is 0.0233. The Labute approximate surface area is 250 Å². The van der Waals surface area contributed by atoms with Crippen LogP contribution in [-0.2, 0) is 16.0 Å². The standard InChI is InChI=1S/C34H39F4N3O2/c1-5-23-16-30-29(17-26(23)13-22-19-41(6-2)20-22)39-18-31(40-30)25-8-7-24(28(35)15-25)14-27(42)11-21(3)12-32(43-4)33(9-10-33)34(36,37)38/h7-8,12,15-18,22,29,39H,3,5-6,9-11,13-14,19-20H2,1-2,4H3/b32-12-. The Morgan fingerprint density at radius 1 is 1.23 bits per heavy atom. The number of halogens is 4. The number of hydrogen-bond donors (Lipinski definition) is 1. The molecular formula is C34H39F4N3O2. The van der Waals surface area contributed by atoms with E-state index >= 15 is 4.39 Å². The number of rotatable bonds is 12. The number of Topliss-reactive ketones (excluding diaryl/α,β-unsaturated/α-hetero) is 1. The van der Waals surface area contributed by atoms with Crippen molar-refractivity contribution in [2.45, 2.75) is 64.6 Å². The molecule has 2 fully saturated rings. The van der Waals surface area contributed by atoms with Gasteiger partial charge in [0.1, 0.15) is 22.8 Å². The largest absolute Gasteiger partial charge is 0.500 e. The van der Waals surface area contributed by atoms with Gasteiger partial charge >= 0.3 is 6.18 Å². The average Bonchev–Trinajstić information content (AvgIpc) is 3.76. The number of methoxy groups -OCH3 is 1. The minimum atomic E-state index is -4.43. The number of nitrogens with zero attached hydrogens (tertiary/aromatic N) is 2. The Morgan fingerprint density at radius 3 is 2.58 bits per heavy atom. The van der Waals surface area contributed by atoms with Gasteiger partial charge < -0.3 is 15.0 Å². The number of ketones is 1. The van der Waals surface area contributed by atoms with Gasteiger partial charge in [-0.1, -0.05) is 38.6 Å². The Bertz CT molecular complexity index is 1440. The van der Waals surface area contributed by atoms with Crippen molar-refractivity contribution in [1.82, 2.24) is 10.2 Å². The SMILES string of the molecule is C=C(/C=C(\OC)C1(C(F)(F)F)CC1)CC(=O)Cc1ccc(C2=CNC3C=C(CC4CN(CC)C4)C(CC)=CC3=N2)cc1F. The van der Waals surface area contributed by atoms with E-state index in [0.717, 1.165) is 38.2 Å². The van der Waals surface area contributed by atoms with Crippen molar-refractivity contribution >= 4 is 17.2 Å². The van der Waals surface area contributed by atoms with E-state index in [4.69, 9.17) is 9.73 Å². The third-order valence-electron chi connectivity index (χ3n) is 8.92. The van der Waals surface area contributed by atoms with Crippen molar-refractivity contribution < 1.29 is 27.1 Å². The van der Waals surface area contributed by atoms with Crippen LogP contribution in [0.2, 0.25) is 0 Å². The second-order valence-corrected chi connectivity index (χ2v) is 12.0.